The van der Waals surface area contributed by atoms with Gasteiger partial charge in [-0.1, -0.05) is 18.2 Å². The molecule has 8 heteroatoms. The van der Waals surface area contributed by atoms with Crippen LogP contribution in [0, 0.1) is 10.1 Å². The summed E-state index contributed by atoms with van der Waals surface area (Å²) in [6, 6.07) is 10.2. The van der Waals surface area contributed by atoms with Gasteiger partial charge in [-0.2, -0.15) is 0 Å². The first-order valence-electron chi connectivity index (χ1n) is 6.72. The van der Waals surface area contributed by atoms with E-state index in [4.69, 9.17) is 4.74 Å². The van der Waals surface area contributed by atoms with Gasteiger partial charge in [0.1, 0.15) is 12.4 Å². The van der Waals surface area contributed by atoms with Gasteiger partial charge in [0.25, 0.3) is 5.09 Å². The van der Waals surface area contributed by atoms with Crippen molar-refractivity contribution in [3.8, 4) is 17.2 Å². The summed E-state index contributed by atoms with van der Waals surface area (Å²) in [5.74, 6) is -1.02. The van der Waals surface area contributed by atoms with E-state index < -0.39 is 11.1 Å². The van der Waals surface area contributed by atoms with Crippen molar-refractivity contribution in [2.45, 2.75) is 6.61 Å². The van der Waals surface area contributed by atoms with E-state index in [1.54, 1.807) is 12.1 Å². The lowest BCUT2D eigenvalue weighted by Crippen LogP contribution is -2.05. The minimum absolute atomic E-state index is 0.211. The van der Waals surface area contributed by atoms with Gasteiger partial charge in [0.2, 0.25) is 0 Å². The second-order valence-corrected chi connectivity index (χ2v) is 4.65. The Kier molecular flexibility index (Phi) is 5.35. The van der Waals surface area contributed by atoms with Crippen molar-refractivity contribution in [1.29, 1.82) is 0 Å². The topological polar surface area (TPSA) is 119 Å². The van der Waals surface area contributed by atoms with Gasteiger partial charge < -0.3 is 19.8 Å². The monoisotopic (exact) mass is 331 g/mol. The third kappa shape index (κ3) is 5.02. The fourth-order valence-electron chi connectivity index (χ4n) is 1.78. The molecule has 0 unspecified atom stereocenters. The van der Waals surface area contributed by atoms with Crippen molar-refractivity contribution in [2.75, 3.05) is 0 Å². The van der Waals surface area contributed by atoms with Crippen molar-refractivity contribution < 1.29 is 29.7 Å². The predicted octanol–water partition coefficient (Wildman–Crippen LogP) is 2.42. The molecule has 8 nitrogen and oxygen atoms in total. The summed E-state index contributed by atoms with van der Waals surface area (Å²) in [4.78, 5) is 26.1. The normalized spacial score (nSPS) is 10.5. The lowest BCUT2D eigenvalue weighted by atomic mass is 10.2. The number of aromatic hydroxyl groups is 2. The second kappa shape index (κ2) is 7.63. The standard InChI is InChI=1S/C16H13NO7/c18-14-6-4-11(9-15(14)19)5-7-16(20)24-13-3-1-2-12(8-13)10-23-17(21)22/h1-9,18-19H,10H2. The lowest BCUT2D eigenvalue weighted by Gasteiger charge is -2.04. The molecule has 0 aromatic heterocycles. The molecule has 24 heavy (non-hydrogen) atoms. The third-order valence-electron chi connectivity index (χ3n) is 2.86. The van der Waals surface area contributed by atoms with Crippen molar-refractivity contribution in [1.82, 2.24) is 0 Å². The molecule has 0 aliphatic rings. The van der Waals surface area contributed by atoms with Gasteiger partial charge in [-0.25, -0.2) is 4.79 Å². The summed E-state index contributed by atoms with van der Waals surface area (Å²) in [7, 11) is 0. The molecule has 0 spiro atoms. The molecule has 2 aromatic rings. The van der Waals surface area contributed by atoms with E-state index >= 15 is 0 Å². The predicted molar refractivity (Wildman–Crippen MR) is 82.7 cm³/mol. The summed E-state index contributed by atoms with van der Waals surface area (Å²) in [6.07, 6.45) is 2.55. The zero-order chi connectivity index (χ0) is 17.5. The SMILES string of the molecule is O=C(C=Cc1ccc(O)c(O)c1)Oc1cccc(CO[N+](=O)[O-])c1. The van der Waals surface area contributed by atoms with E-state index in [1.807, 2.05) is 0 Å². The van der Waals surface area contributed by atoms with Crippen LogP contribution >= 0.6 is 0 Å². The van der Waals surface area contributed by atoms with E-state index in [0.717, 1.165) is 6.08 Å². The van der Waals surface area contributed by atoms with Crippen LogP contribution in [0.2, 0.25) is 0 Å². The maximum atomic E-state index is 11.8. The van der Waals surface area contributed by atoms with E-state index in [1.165, 1.54) is 36.4 Å². The van der Waals surface area contributed by atoms with Gasteiger partial charge in [0.15, 0.2) is 11.5 Å². The molecule has 0 amide bonds. The van der Waals surface area contributed by atoms with E-state index in [-0.39, 0.29) is 23.9 Å². The van der Waals surface area contributed by atoms with E-state index in [9.17, 15) is 25.1 Å². The molecule has 0 aliphatic heterocycles. The smallest absolute Gasteiger partial charge is 0.336 e. The Hall–Kier alpha value is -3.55. The number of ether oxygens (including phenoxy) is 1. The van der Waals surface area contributed by atoms with Crippen LogP contribution in [0.25, 0.3) is 6.08 Å². The largest absolute Gasteiger partial charge is 0.504 e. The lowest BCUT2D eigenvalue weighted by molar-refractivity contribution is -0.763. The number of benzene rings is 2. The number of phenolic OH excluding ortho intramolecular Hbond substituents is 2. The average molecular weight is 331 g/mol. The van der Waals surface area contributed by atoms with Gasteiger partial charge >= 0.3 is 5.97 Å². The van der Waals surface area contributed by atoms with Gasteiger partial charge in [-0.3, -0.25) is 0 Å². The molecule has 0 atom stereocenters. The first kappa shape index (κ1) is 16.8. The number of rotatable bonds is 6. The van der Waals surface area contributed by atoms with Crippen LogP contribution in [0.4, 0.5) is 0 Å². The Morgan fingerprint density at radius 2 is 1.96 bits per heavy atom. The number of carbonyl (C=O) groups is 1. The van der Waals surface area contributed by atoms with Crippen LogP contribution in [0.3, 0.4) is 0 Å². The van der Waals surface area contributed by atoms with Crippen LogP contribution in [0.1, 0.15) is 11.1 Å². The molecule has 0 fully saturated rings. The molecule has 0 radical (unpaired) electrons. The fraction of sp³-hybridized carbons (Fsp3) is 0.0625. The van der Waals surface area contributed by atoms with Crippen LogP contribution in [0.5, 0.6) is 17.2 Å². The van der Waals surface area contributed by atoms with Crippen molar-refractivity contribution in [3.63, 3.8) is 0 Å². The molecule has 0 saturated heterocycles. The van der Waals surface area contributed by atoms with Gasteiger partial charge in [0.05, 0.1) is 0 Å². The van der Waals surface area contributed by atoms with Crippen LogP contribution < -0.4 is 4.74 Å². The second-order valence-electron chi connectivity index (χ2n) is 4.65. The minimum Gasteiger partial charge on any atom is -0.504 e. The maximum absolute atomic E-state index is 11.8. The summed E-state index contributed by atoms with van der Waals surface area (Å²) >= 11 is 0. The van der Waals surface area contributed by atoms with E-state index in [2.05, 4.69) is 4.84 Å². The molecule has 2 N–H and O–H groups in total. The van der Waals surface area contributed by atoms with Crippen LogP contribution in [-0.4, -0.2) is 21.3 Å². The van der Waals surface area contributed by atoms with Crippen molar-refractivity contribution in [3.05, 3.63) is 69.8 Å². The van der Waals surface area contributed by atoms with Crippen LogP contribution in [-0.2, 0) is 16.2 Å². The summed E-state index contributed by atoms with van der Waals surface area (Å²) in [5, 5.41) is 27.8. The van der Waals surface area contributed by atoms with Gasteiger partial charge in [-0.15, -0.1) is 10.1 Å². The minimum atomic E-state index is -0.908. The van der Waals surface area contributed by atoms with E-state index in [0.29, 0.717) is 11.1 Å². The summed E-state index contributed by atoms with van der Waals surface area (Å²) < 4.78 is 5.07. The molecule has 2 aromatic carbocycles. The highest BCUT2D eigenvalue weighted by Gasteiger charge is 2.04. The van der Waals surface area contributed by atoms with Gasteiger partial charge in [0, 0.05) is 6.08 Å². The molecule has 0 saturated carbocycles. The first-order chi connectivity index (χ1) is 11.4. The maximum Gasteiger partial charge on any atom is 0.336 e. The number of phenols is 2. The number of hydrogen-bond acceptors (Lipinski definition) is 7. The molecule has 2 rings (SSSR count). The summed E-state index contributed by atoms with van der Waals surface area (Å²) in [5.41, 5.74) is 0.972. The Labute approximate surface area is 136 Å². The van der Waals surface area contributed by atoms with Gasteiger partial charge in [-0.05, 0) is 41.5 Å². The number of carbonyl (C=O) groups excluding carboxylic acids is 1. The highest BCUT2D eigenvalue weighted by molar-refractivity contribution is 5.88. The molecule has 0 bridgehead atoms. The number of hydrogen-bond donors (Lipinski definition) is 2. The van der Waals surface area contributed by atoms with Crippen LogP contribution in [0.15, 0.2) is 48.5 Å². The number of esters is 1. The zero-order valence-corrected chi connectivity index (χ0v) is 12.3. The van der Waals surface area contributed by atoms with Crippen molar-refractivity contribution in [2.24, 2.45) is 0 Å². The zero-order valence-electron chi connectivity index (χ0n) is 12.3. The molecule has 124 valence electrons. The Balaban J connectivity index is 1.98. The number of nitrogens with zero attached hydrogens (tertiary/aromatic N) is 1. The highest BCUT2D eigenvalue weighted by Crippen LogP contribution is 2.25. The molecule has 0 aliphatic carbocycles. The summed E-state index contributed by atoms with van der Waals surface area (Å²) in [6.45, 7) is -0.249. The van der Waals surface area contributed by atoms with Crippen molar-refractivity contribution >= 4 is 12.0 Å². The highest BCUT2D eigenvalue weighted by atomic mass is 16.9. The third-order valence-corrected chi connectivity index (χ3v) is 2.86. The average Bonchev–Trinajstić information content (AvgIpc) is 2.54. The first-order valence-corrected chi connectivity index (χ1v) is 6.72. The quantitative estimate of drug-likeness (QED) is 0.208. The fourth-order valence-corrected chi connectivity index (χ4v) is 1.78. The molecular formula is C16H13NO7. The molecule has 0 heterocycles. The Bertz CT molecular complexity index is 786. The Morgan fingerprint density at radius 1 is 1.17 bits per heavy atom. The molecular weight excluding hydrogens is 318 g/mol. The Morgan fingerprint density at radius 3 is 2.67 bits per heavy atom.